The molecule has 1 aromatic rings. The molecular formula is C15H22F3N5O2+2. The summed E-state index contributed by atoms with van der Waals surface area (Å²) in [7, 11) is 0. The number of carbonyl (C=O) groups excluding carboxylic acids is 2. The lowest BCUT2D eigenvalue weighted by Gasteiger charge is -2.27. The molecule has 1 saturated heterocycles. The number of quaternary nitrogens is 1. The zero-order valence-corrected chi connectivity index (χ0v) is 13.9. The van der Waals surface area contributed by atoms with Crippen LogP contribution in [0.3, 0.4) is 0 Å². The standard InChI is InChI=1S/C15H20F3N5O2/c1-2-19-14(25)21-13(24)10-22-5-7-23(8-6-22)12-4-3-11(9-20-12)15(16,17)18/h3-4,9H,2,5-8,10H2,1H3,(H2,19,21,24,25)/p+2. The summed E-state index contributed by atoms with van der Waals surface area (Å²) in [6, 6.07) is 1.95. The summed E-state index contributed by atoms with van der Waals surface area (Å²) in [4.78, 5) is 28.7. The Balaban J connectivity index is 1.81. The van der Waals surface area contributed by atoms with E-state index >= 15 is 0 Å². The molecule has 0 aliphatic carbocycles. The first-order valence-electron chi connectivity index (χ1n) is 8.04. The number of alkyl halides is 3. The Bertz CT molecular complexity index is 598. The Kier molecular flexibility index (Phi) is 6.18. The number of piperazine rings is 1. The number of aromatic amines is 1. The summed E-state index contributed by atoms with van der Waals surface area (Å²) in [6.45, 7) is 4.88. The second-order valence-electron chi connectivity index (χ2n) is 5.78. The molecule has 0 spiro atoms. The molecule has 1 aliphatic heterocycles. The smallest absolute Gasteiger partial charge is 0.338 e. The van der Waals surface area contributed by atoms with Gasteiger partial charge in [-0.25, -0.2) is 9.78 Å². The number of halogens is 3. The van der Waals surface area contributed by atoms with Gasteiger partial charge in [0.2, 0.25) is 0 Å². The summed E-state index contributed by atoms with van der Waals surface area (Å²) >= 11 is 0. The molecule has 1 aromatic heterocycles. The maximum absolute atomic E-state index is 12.6. The lowest BCUT2D eigenvalue weighted by Crippen LogP contribution is -3.16. The highest BCUT2D eigenvalue weighted by atomic mass is 19.4. The van der Waals surface area contributed by atoms with Crippen LogP contribution in [0, 0.1) is 0 Å². The van der Waals surface area contributed by atoms with Crippen molar-refractivity contribution in [1.29, 1.82) is 0 Å². The number of H-pyrrole nitrogens is 1. The second-order valence-corrected chi connectivity index (χ2v) is 5.78. The first-order chi connectivity index (χ1) is 11.8. The van der Waals surface area contributed by atoms with Crippen LogP contribution >= 0.6 is 0 Å². The molecule has 10 heteroatoms. The highest BCUT2D eigenvalue weighted by molar-refractivity contribution is 5.94. The topological polar surface area (TPSA) is 80.0 Å². The summed E-state index contributed by atoms with van der Waals surface area (Å²) in [5, 5.41) is 4.74. The van der Waals surface area contributed by atoms with Crippen LogP contribution in [0.1, 0.15) is 12.5 Å². The second kappa shape index (κ2) is 8.15. The third kappa shape index (κ3) is 5.59. The van der Waals surface area contributed by atoms with E-state index < -0.39 is 17.8 Å². The van der Waals surface area contributed by atoms with Crippen molar-refractivity contribution < 1.29 is 32.6 Å². The maximum Gasteiger partial charge on any atom is 0.419 e. The third-order valence-corrected chi connectivity index (χ3v) is 3.94. The Morgan fingerprint density at radius 2 is 1.96 bits per heavy atom. The van der Waals surface area contributed by atoms with Gasteiger partial charge in [-0.15, -0.1) is 0 Å². The van der Waals surface area contributed by atoms with Gasteiger partial charge in [-0.2, -0.15) is 13.2 Å². The number of anilines is 1. The van der Waals surface area contributed by atoms with Crippen molar-refractivity contribution in [3.05, 3.63) is 23.9 Å². The van der Waals surface area contributed by atoms with Crippen LogP contribution in [0.5, 0.6) is 0 Å². The molecule has 0 radical (unpaired) electrons. The highest BCUT2D eigenvalue weighted by Gasteiger charge is 2.33. The normalized spacial score (nSPS) is 15.8. The van der Waals surface area contributed by atoms with Crippen LogP contribution in [0.25, 0.3) is 0 Å². The van der Waals surface area contributed by atoms with Gasteiger partial charge in [0, 0.05) is 12.6 Å². The largest absolute Gasteiger partial charge is 0.419 e. The fraction of sp³-hybridized carbons (Fsp3) is 0.533. The van der Waals surface area contributed by atoms with Gasteiger partial charge in [0.05, 0.1) is 5.56 Å². The Hall–Kier alpha value is -2.36. The molecule has 1 fully saturated rings. The van der Waals surface area contributed by atoms with Crippen molar-refractivity contribution in [1.82, 2.24) is 10.6 Å². The Labute approximate surface area is 143 Å². The van der Waals surface area contributed by atoms with Gasteiger partial charge in [0.25, 0.3) is 11.7 Å². The number of pyridine rings is 1. The summed E-state index contributed by atoms with van der Waals surface area (Å²) in [5.41, 5.74) is -0.720. The van der Waals surface area contributed by atoms with Crippen LogP contribution in [-0.4, -0.2) is 51.2 Å². The van der Waals surface area contributed by atoms with E-state index in [1.807, 2.05) is 4.90 Å². The zero-order valence-electron chi connectivity index (χ0n) is 13.9. The monoisotopic (exact) mass is 361 g/mol. The summed E-state index contributed by atoms with van der Waals surface area (Å²) < 4.78 is 37.7. The first kappa shape index (κ1) is 19.0. The number of nitrogens with one attached hydrogen (secondary N) is 4. The SMILES string of the molecule is CCNC(=O)NC(=O)C[NH+]1CCN(c2ccc(C(F)(F)F)c[nH+]2)CC1. The fourth-order valence-corrected chi connectivity index (χ4v) is 2.63. The average Bonchev–Trinajstić information content (AvgIpc) is 2.55. The van der Waals surface area contributed by atoms with Crippen LogP contribution in [0.2, 0.25) is 0 Å². The fourth-order valence-electron chi connectivity index (χ4n) is 2.63. The van der Waals surface area contributed by atoms with Gasteiger partial charge in [-0.3, -0.25) is 15.0 Å². The maximum atomic E-state index is 12.6. The van der Waals surface area contributed by atoms with Crippen molar-refractivity contribution in [3.63, 3.8) is 0 Å². The molecule has 0 bridgehead atoms. The zero-order chi connectivity index (χ0) is 18.4. The quantitative estimate of drug-likeness (QED) is 0.648. The predicted molar refractivity (Wildman–Crippen MR) is 83.0 cm³/mol. The van der Waals surface area contributed by atoms with Crippen LogP contribution in [0.4, 0.5) is 23.8 Å². The molecule has 1 aliphatic rings. The van der Waals surface area contributed by atoms with Gasteiger partial charge in [-0.1, -0.05) is 0 Å². The van der Waals surface area contributed by atoms with E-state index in [0.29, 0.717) is 38.5 Å². The number of carbonyl (C=O) groups is 2. The molecule has 25 heavy (non-hydrogen) atoms. The van der Waals surface area contributed by atoms with Crippen molar-refractivity contribution in [2.75, 3.05) is 44.2 Å². The first-order valence-corrected chi connectivity index (χ1v) is 8.04. The number of rotatable bonds is 4. The lowest BCUT2D eigenvalue weighted by atomic mass is 10.2. The highest BCUT2D eigenvalue weighted by Crippen LogP contribution is 2.28. The number of urea groups is 1. The molecule has 0 unspecified atom stereocenters. The van der Waals surface area contributed by atoms with Crippen molar-refractivity contribution in [2.45, 2.75) is 13.1 Å². The van der Waals surface area contributed by atoms with Gasteiger partial charge < -0.3 is 10.2 Å². The van der Waals surface area contributed by atoms with E-state index in [0.717, 1.165) is 17.2 Å². The van der Waals surface area contributed by atoms with Crippen LogP contribution < -0.4 is 25.4 Å². The van der Waals surface area contributed by atoms with Crippen LogP contribution in [-0.2, 0) is 11.0 Å². The molecule has 0 atom stereocenters. The number of amides is 3. The van der Waals surface area contributed by atoms with E-state index in [2.05, 4.69) is 15.6 Å². The van der Waals surface area contributed by atoms with E-state index in [4.69, 9.17) is 0 Å². The van der Waals surface area contributed by atoms with Crippen molar-refractivity contribution in [2.24, 2.45) is 0 Å². The van der Waals surface area contributed by atoms with E-state index in [9.17, 15) is 22.8 Å². The van der Waals surface area contributed by atoms with Gasteiger partial charge in [0.15, 0.2) is 6.54 Å². The van der Waals surface area contributed by atoms with E-state index in [1.54, 1.807) is 6.92 Å². The van der Waals surface area contributed by atoms with Crippen molar-refractivity contribution in [3.8, 4) is 0 Å². The Morgan fingerprint density at radius 3 is 2.48 bits per heavy atom. The number of hydrogen-bond acceptors (Lipinski definition) is 3. The number of imide groups is 1. The average molecular weight is 361 g/mol. The molecule has 3 amide bonds. The van der Waals surface area contributed by atoms with E-state index in [-0.39, 0.29) is 12.5 Å². The molecule has 4 N–H and O–H groups in total. The lowest BCUT2D eigenvalue weighted by molar-refractivity contribution is -0.892. The third-order valence-electron chi connectivity index (χ3n) is 3.94. The molecule has 7 nitrogen and oxygen atoms in total. The summed E-state index contributed by atoms with van der Waals surface area (Å²) in [5.74, 6) is 0.259. The van der Waals surface area contributed by atoms with Gasteiger partial charge in [0.1, 0.15) is 32.4 Å². The van der Waals surface area contributed by atoms with Gasteiger partial charge in [-0.05, 0) is 13.0 Å². The molecule has 138 valence electrons. The minimum absolute atomic E-state index is 0.182. The number of aromatic nitrogens is 1. The molecule has 2 rings (SSSR count). The van der Waals surface area contributed by atoms with Gasteiger partial charge >= 0.3 is 12.2 Å². The molecule has 2 heterocycles. The van der Waals surface area contributed by atoms with Crippen LogP contribution in [0.15, 0.2) is 18.3 Å². The molecule has 0 aromatic carbocycles. The van der Waals surface area contributed by atoms with Crippen molar-refractivity contribution >= 4 is 17.8 Å². The predicted octanol–water partition coefficient (Wildman–Crippen LogP) is -0.930. The number of hydrogen-bond donors (Lipinski definition) is 3. The summed E-state index contributed by atoms with van der Waals surface area (Å²) in [6.07, 6.45) is -3.41. The minimum atomic E-state index is -4.37. The number of nitrogens with zero attached hydrogens (tertiary/aromatic N) is 1. The molecule has 0 saturated carbocycles. The Morgan fingerprint density at radius 1 is 1.28 bits per heavy atom. The van der Waals surface area contributed by atoms with E-state index in [1.165, 1.54) is 6.07 Å². The minimum Gasteiger partial charge on any atom is -0.338 e. The molecular weight excluding hydrogens is 339 g/mol.